The van der Waals surface area contributed by atoms with Gasteiger partial charge in [-0.25, -0.2) is 0 Å². The van der Waals surface area contributed by atoms with E-state index in [1.54, 1.807) is 7.11 Å². The van der Waals surface area contributed by atoms with Gasteiger partial charge in [-0.3, -0.25) is 0 Å². The van der Waals surface area contributed by atoms with E-state index in [0.29, 0.717) is 6.04 Å². The van der Waals surface area contributed by atoms with Crippen LogP contribution in [0.15, 0.2) is 51.4 Å². The van der Waals surface area contributed by atoms with Crippen LogP contribution in [0.2, 0.25) is 0 Å². The summed E-state index contributed by atoms with van der Waals surface area (Å²) in [4.78, 5) is 0. The summed E-state index contributed by atoms with van der Waals surface area (Å²) in [6.07, 6.45) is 2.20. The van der Waals surface area contributed by atoms with Crippen molar-refractivity contribution in [2.24, 2.45) is 0 Å². The molecule has 0 aliphatic heterocycles. The van der Waals surface area contributed by atoms with Gasteiger partial charge >= 0.3 is 0 Å². The van der Waals surface area contributed by atoms with Crippen LogP contribution in [-0.2, 0) is 0 Å². The monoisotopic (exact) mass is 411 g/mol. The predicted octanol–water partition coefficient (Wildman–Crippen LogP) is 6.17. The average molecular weight is 413 g/mol. The van der Waals surface area contributed by atoms with Crippen LogP contribution in [0.5, 0.6) is 5.75 Å². The van der Waals surface area contributed by atoms with Gasteiger partial charge in [0.05, 0.1) is 23.3 Å². The molecule has 2 aromatic carbocycles. The molecule has 21 heavy (non-hydrogen) atoms. The minimum absolute atomic E-state index is 0.290. The standard InChI is InChI=1S/C17H19Br2NO/c1-3-7-15(12-8-5-4-6-9-12)20-16-11-17(21-2)14(19)10-13(16)18/h4-6,8-11,15,20H,3,7H2,1-2H3. The highest BCUT2D eigenvalue weighted by molar-refractivity contribution is 9.11. The van der Waals surface area contributed by atoms with Crippen molar-refractivity contribution in [1.29, 1.82) is 0 Å². The summed E-state index contributed by atoms with van der Waals surface area (Å²) < 4.78 is 7.34. The van der Waals surface area contributed by atoms with E-state index >= 15 is 0 Å². The Balaban J connectivity index is 2.29. The summed E-state index contributed by atoms with van der Waals surface area (Å²) in [6.45, 7) is 2.20. The number of ether oxygens (including phenoxy) is 1. The van der Waals surface area contributed by atoms with Gasteiger partial charge < -0.3 is 10.1 Å². The van der Waals surface area contributed by atoms with Gasteiger partial charge in [0, 0.05) is 10.5 Å². The van der Waals surface area contributed by atoms with E-state index in [-0.39, 0.29) is 0 Å². The van der Waals surface area contributed by atoms with Crippen molar-refractivity contribution in [2.75, 3.05) is 12.4 Å². The molecule has 2 rings (SSSR count). The lowest BCUT2D eigenvalue weighted by atomic mass is 10.0. The van der Waals surface area contributed by atoms with Crippen molar-refractivity contribution in [2.45, 2.75) is 25.8 Å². The number of methoxy groups -OCH3 is 1. The minimum Gasteiger partial charge on any atom is -0.495 e. The molecular formula is C17H19Br2NO. The molecule has 1 atom stereocenters. The molecule has 0 saturated carbocycles. The van der Waals surface area contributed by atoms with E-state index < -0.39 is 0 Å². The third kappa shape index (κ3) is 4.24. The number of halogens is 2. The van der Waals surface area contributed by atoms with E-state index in [4.69, 9.17) is 4.74 Å². The Hall–Kier alpha value is -1.00. The lowest BCUT2D eigenvalue weighted by Gasteiger charge is -2.21. The highest BCUT2D eigenvalue weighted by Crippen LogP contribution is 2.36. The lowest BCUT2D eigenvalue weighted by Crippen LogP contribution is -2.11. The van der Waals surface area contributed by atoms with Gasteiger partial charge in [0.25, 0.3) is 0 Å². The zero-order chi connectivity index (χ0) is 15.2. The molecule has 0 aliphatic rings. The summed E-state index contributed by atoms with van der Waals surface area (Å²) in [5.74, 6) is 0.823. The average Bonchev–Trinajstić information content (AvgIpc) is 2.50. The first-order valence-corrected chi connectivity index (χ1v) is 8.58. The van der Waals surface area contributed by atoms with Gasteiger partial charge in [-0.05, 0) is 49.9 Å². The molecule has 0 bridgehead atoms. The van der Waals surface area contributed by atoms with E-state index in [9.17, 15) is 0 Å². The number of rotatable bonds is 6. The Bertz CT molecular complexity index is 587. The van der Waals surface area contributed by atoms with Crippen LogP contribution in [0.1, 0.15) is 31.4 Å². The summed E-state index contributed by atoms with van der Waals surface area (Å²) in [5, 5.41) is 3.62. The number of hydrogen-bond donors (Lipinski definition) is 1. The number of benzene rings is 2. The SMILES string of the molecule is CCCC(Nc1cc(OC)c(Br)cc1Br)c1ccccc1. The summed E-state index contributed by atoms with van der Waals surface area (Å²) in [7, 11) is 1.68. The van der Waals surface area contributed by atoms with E-state index in [1.165, 1.54) is 5.56 Å². The first-order chi connectivity index (χ1) is 10.2. The molecule has 2 nitrogen and oxygen atoms in total. The van der Waals surface area contributed by atoms with Crippen molar-refractivity contribution >= 4 is 37.5 Å². The summed E-state index contributed by atoms with van der Waals surface area (Å²) in [6, 6.07) is 14.8. The van der Waals surface area contributed by atoms with Crippen LogP contribution in [0, 0.1) is 0 Å². The molecule has 0 saturated heterocycles. The van der Waals surface area contributed by atoms with Gasteiger partial charge in [0.2, 0.25) is 0 Å². The van der Waals surface area contributed by atoms with Crippen LogP contribution in [0.3, 0.4) is 0 Å². The first kappa shape index (κ1) is 16.4. The molecule has 0 amide bonds. The molecule has 112 valence electrons. The maximum Gasteiger partial charge on any atom is 0.135 e. The molecule has 1 N–H and O–H groups in total. The number of hydrogen-bond acceptors (Lipinski definition) is 2. The van der Waals surface area contributed by atoms with Crippen molar-refractivity contribution in [3.8, 4) is 5.75 Å². The highest BCUT2D eigenvalue weighted by Gasteiger charge is 2.13. The van der Waals surface area contributed by atoms with Crippen molar-refractivity contribution < 1.29 is 4.74 Å². The molecule has 1 unspecified atom stereocenters. The van der Waals surface area contributed by atoms with Crippen LogP contribution < -0.4 is 10.1 Å². The fourth-order valence-electron chi connectivity index (χ4n) is 2.28. The van der Waals surface area contributed by atoms with Gasteiger partial charge in [-0.15, -0.1) is 0 Å². The third-order valence-electron chi connectivity index (χ3n) is 3.35. The van der Waals surface area contributed by atoms with Crippen LogP contribution in [-0.4, -0.2) is 7.11 Å². The van der Waals surface area contributed by atoms with Crippen LogP contribution in [0.25, 0.3) is 0 Å². The quantitative estimate of drug-likeness (QED) is 0.612. The highest BCUT2D eigenvalue weighted by atomic mass is 79.9. The largest absolute Gasteiger partial charge is 0.495 e. The van der Waals surface area contributed by atoms with E-state index in [2.05, 4.69) is 68.4 Å². The number of nitrogens with one attached hydrogen (secondary N) is 1. The van der Waals surface area contributed by atoms with Crippen molar-refractivity contribution in [3.05, 3.63) is 57.0 Å². The predicted molar refractivity (Wildman–Crippen MR) is 96.1 cm³/mol. The second kappa shape index (κ2) is 7.85. The van der Waals surface area contributed by atoms with Gasteiger partial charge in [0.15, 0.2) is 0 Å². The maximum atomic E-state index is 5.38. The zero-order valence-corrected chi connectivity index (χ0v) is 15.4. The zero-order valence-electron chi connectivity index (χ0n) is 12.2. The Kier molecular flexibility index (Phi) is 6.12. The molecule has 0 heterocycles. The van der Waals surface area contributed by atoms with Gasteiger partial charge in [0.1, 0.15) is 5.75 Å². The normalized spacial score (nSPS) is 12.0. The molecular weight excluding hydrogens is 394 g/mol. The smallest absolute Gasteiger partial charge is 0.135 e. The molecule has 0 radical (unpaired) electrons. The topological polar surface area (TPSA) is 21.3 Å². The molecule has 0 fully saturated rings. The Morgan fingerprint density at radius 2 is 1.81 bits per heavy atom. The Labute approximate surface area is 143 Å². The van der Waals surface area contributed by atoms with Crippen molar-refractivity contribution in [1.82, 2.24) is 0 Å². The molecule has 0 spiro atoms. The summed E-state index contributed by atoms with van der Waals surface area (Å²) in [5.41, 5.74) is 2.34. The van der Waals surface area contributed by atoms with E-state index in [0.717, 1.165) is 33.2 Å². The fourth-order valence-corrected chi connectivity index (χ4v) is 3.55. The molecule has 4 heteroatoms. The second-order valence-corrected chi connectivity index (χ2v) is 6.57. The lowest BCUT2D eigenvalue weighted by molar-refractivity contribution is 0.412. The van der Waals surface area contributed by atoms with Gasteiger partial charge in [-0.2, -0.15) is 0 Å². The third-order valence-corrected chi connectivity index (χ3v) is 4.63. The Morgan fingerprint density at radius 1 is 1.10 bits per heavy atom. The maximum absolute atomic E-state index is 5.38. The molecule has 0 aromatic heterocycles. The molecule has 2 aromatic rings. The van der Waals surface area contributed by atoms with Gasteiger partial charge in [-0.1, -0.05) is 43.7 Å². The number of anilines is 1. The van der Waals surface area contributed by atoms with Crippen molar-refractivity contribution in [3.63, 3.8) is 0 Å². The second-order valence-electron chi connectivity index (χ2n) is 4.86. The summed E-state index contributed by atoms with van der Waals surface area (Å²) >= 11 is 7.12. The van der Waals surface area contributed by atoms with Crippen LogP contribution in [0.4, 0.5) is 5.69 Å². The minimum atomic E-state index is 0.290. The fraction of sp³-hybridized carbons (Fsp3) is 0.294. The Morgan fingerprint density at radius 3 is 2.43 bits per heavy atom. The first-order valence-electron chi connectivity index (χ1n) is 7.00. The van der Waals surface area contributed by atoms with E-state index in [1.807, 2.05) is 18.2 Å². The molecule has 0 aliphatic carbocycles. The van der Waals surface area contributed by atoms with Crippen LogP contribution >= 0.6 is 31.9 Å².